The van der Waals surface area contributed by atoms with Crippen LogP contribution in [-0.2, 0) is 17.7 Å². The third kappa shape index (κ3) is 4.05. The molecule has 3 heterocycles. The first-order valence-electron chi connectivity index (χ1n) is 10.8. The molecule has 34 heavy (non-hydrogen) atoms. The molecule has 0 saturated heterocycles. The summed E-state index contributed by atoms with van der Waals surface area (Å²) in [4.78, 5) is 18.4. The molecule has 174 valence electrons. The van der Waals surface area contributed by atoms with Gasteiger partial charge < -0.3 is 18.9 Å². The van der Waals surface area contributed by atoms with E-state index in [9.17, 15) is 4.79 Å². The highest BCUT2D eigenvalue weighted by molar-refractivity contribution is 9.10. The molecule has 2 aromatic carbocycles. The standard InChI is InChI=1S/C24H23BrN6O3/c1-4-33-24(32)34-23-20-13-30-21(11-15-5-8-17(9-6-15)29(2)3)27-28-22(30)18-12-16(25)7-10-19(18)31(20)14-26-23/h5-10,12,14H,4,11,13H2,1-3H3. The highest BCUT2D eigenvalue weighted by Crippen LogP contribution is 2.36. The normalized spacial score (nSPS) is 11.8. The zero-order valence-corrected chi connectivity index (χ0v) is 20.6. The van der Waals surface area contributed by atoms with E-state index >= 15 is 0 Å². The Morgan fingerprint density at radius 1 is 1.15 bits per heavy atom. The van der Waals surface area contributed by atoms with Crippen molar-refractivity contribution in [3.8, 4) is 23.0 Å². The van der Waals surface area contributed by atoms with Crippen LogP contribution in [0.15, 0.2) is 53.3 Å². The van der Waals surface area contributed by atoms with Gasteiger partial charge in [-0.1, -0.05) is 28.1 Å². The number of ether oxygens (including phenoxy) is 2. The van der Waals surface area contributed by atoms with E-state index in [0.29, 0.717) is 18.7 Å². The molecule has 0 N–H and O–H groups in total. The summed E-state index contributed by atoms with van der Waals surface area (Å²) in [6.07, 6.45) is 1.47. The average Bonchev–Trinajstić information content (AvgIpc) is 3.35. The minimum absolute atomic E-state index is 0.204. The number of imidazole rings is 1. The molecule has 1 aliphatic rings. The summed E-state index contributed by atoms with van der Waals surface area (Å²) in [5, 5.41) is 9.06. The van der Waals surface area contributed by atoms with Crippen LogP contribution in [0, 0.1) is 0 Å². The molecule has 5 rings (SSSR count). The fourth-order valence-electron chi connectivity index (χ4n) is 3.99. The lowest BCUT2D eigenvalue weighted by Gasteiger charge is -2.13. The van der Waals surface area contributed by atoms with Crippen molar-refractivity contribution < 1.29 is 14.3 Å². The maximum atomic E-state index is 12.0. The number of halogens is 1. The summed E-state index contributed by atoms with van der Waals surface area (Å²) >= 11 is 3.57. The number of benzene rings is 2. The second-order valence-corrected chi connectivity index (χ2v) is 8.99. The number of hydrogen-bond acceptors (Lipinski definition) is 7. The molecular formula is C24H23BrN6O3. The third-order valence-electron chi connectivity index (χ3n) is 5.68. The van der Waals surface area contributed by atoms with Gasteiger partial charge in [0.15, 0.2) is 5.82 Å². The summed E-state index contributed by atoms with van der Waals surface area (Å²) in [6, 6.07) is 14.3. The molecule has 0 amide bonds. The zero-order chi connectivity index (χ0) is 23.8. The van der Waals surface area contributed by atoms with Gasteiger partial charge in [-0.3, -0.25) is 4.57 Å². The van der Waals surface area contributed by atoms with Gasteiger partial charge >= 0.3 is 6.16 Å². The van der Waals surface area contributed by atoms with Gasteiger partial charge in [0.2, 0.25) is 5.88 Å². The van der Waals surface area contributed by atoms with E-state index in [4.69, 9.17) is 9.47 Å². The number of rotatable bonds is 5. The summed E-state index contributed by atoms with van der Waals surface area (Å²) < 4.78 is 15.3. The smallest absolute Gasteiger partial charge is 0.434 e. The molecule has 1 aliphatic heterocycles. The Balaban J connectivity index is 1.58. The van der Waals surface area contributed by atoms with E-state index in [1.807, 2.05) is 41.4 Å². The second kappa shape index (κ2) is 8.94. The fraction of sp³-hybridized carbons (Fsp3) is 0.250. The van der Waals surface area contributed by atoms with Gasteiger partial charge in [0, 0.05) is 36.2 Å². The second-order valence-electron chi connectivity index (χ2n) is 8.08. The molecular weight excluding hydrogens is 500 g/mol. The largest absolute Gasteiger partial charge is 0.515 e. The van der Waals surface area contributed by atoms with Crippen LogP contribution >= 0.6 is 15.9 Å². The van der Waals surface area contributed by atoms with Gasteiger partial charge in [0.25, 0.3) is 0 Å². The molecule has 0 bridgehead atoms. The molecule has 9 nitrogen and oxygen atoms in total. The van der Waals surface area contributed by atoms with E-state index in [-0.39, 0.29) is 12.5 Å². The van der Waals surface area contributed by atoms with Gasteiger partial charge in [-0.2, -0.15) is 0 Å². The Morgan fingerprint density at radius 3 is 2.68 bits per heavy atom. The number of hydrogen-bond donors (Lipinski definition) is 0. The first-order valence-corrected chi connectivity index (χ1v) is 11.6. The monoisotopic (exact) mass is 522 g/mol. The van der Waals surface area contributed by atoms with Crippen LogP contribution in [0.4, 0.5) is 10.5 Å². The van der Waals surface area contributed by atoms with Gasteiger partial charge in [-0.15, -0.1) is 10.2 Å². The highest BCUT2D eigenvalue weighted by atomic mass is 79.9. The van der Waals surface area contributed by atoms with E-state index in [0.717, 1.165) is 38.6 Å². The molecule has 10 heteroatoms. The number of fused-ring (bicyclic) bond motifs is 5. The molecule has 0 atom stereocenters. The maximum Gasteiger partial charge on any atom is 0.515 e. The van der Waals surface area contributed by atoms with Crippen LogP contribution in [-0.4, -0.2) is 51.2 Å². The Bertz CT molecular complexity index is 1360. The SMILES string of the molecule is CCOC(=O)Oc1ncn2c1Cn1c(Cc3ccc(N(C)C)cc3)nnc1-c1cc(Br)ccc1-2. The molecule has 0 spiro atoms. The quantitative estimate of drug-likeness (QED) is 0.315. The van der Waals surface area contributed by atoms with Crippen molar-refractivity contribution in [1.82, 2.24) is 24.3 Å². The molecule has 0 unspecified atom stereocenters. The van der Waals surface area contributed by atoms with E-state index in [2.05, 4.69) is 60.3 Å². The summed E-state index contributed by atoms with van der Waals surface area (Å²) in [5.74, 6) is 1.74. The minimum Gasteiger partial charge on any atom is -0.434 e. The van der Waals surface area contributed by atoms with Crippen molar-refractivity contribution in [1.29, 1.82) is 0 Å². The lowest BCUT2D eigenvalue weighted by atomic mass is 10.1. The van der Waals surface area contributed by atoms with Crippen LogP contribution in [0.5, 0.6) is 5.88 Å². The molecule has 0 radical (unpaired) electrons. The third-order valence-corrected chi connectivity index (χ3v) is 6.17. The highest BCUT2D eigenvalue weighted by Gasteiger charge is 2.27. The molecule has 4 aromatic rings. The number of anilines is 1. The van der Waals surface area contributed by atoms with Crippen molar-refractivity contribution in [3.63, 3.8) is 0 Å². The lowest BCUT2D eigenvalue weighted by molar-refractivity contribution is 0.102. The van der Waals surface area contributed by atoms with Crippen molar-refractivity contribution in [3.05, 3.63) is 70.3 Å². The molecule has 0 saturated carbocycles. The van der Waals surface area contributed by atoms with Gasteiger partial charge in [0.05, 0.1) is 18.8 Å². The van der Waals surface area contributed by atoms with E-state index < -0.39 is 6.16 Å². The van der Waals surface area contributed by atoms with Gasteiger partial charge in [-0.05, 0) is 42.8 Å². The van der Waals surface area contributed by atoms with Crippen molar-refractivity contribution in [2.45, 2.75) is 19.9 Å². The number of carbonyl (C=O) groups excluding carboxylic acids is 1. The Hall–Kier alpha value is -3.66. The molecule has 0 fully saturated rings. The van der Waals surface area contributed by atoms with Crippen molar-refractivity contribution in [2.24, 2.45) is 0 Å². The number of nitrogens with zero attached hydrogens (tertiary/aromatic N) is 6. The fourth-order valence-corrected chi connectivity index (χ4v) is 4.35. The van der Waals surface area contributed by atoms with Crippen LogP contribution in [0.2, 0.25) is 0 Å². The van der Waals surface area contributed by atoms with E-state index in [1.165, 1.54) is 0 Å². The van der Waals surface area contributed by atoms with Crippen LogP contribution in [0.1, 0.15) is 24.0 Å². The van der Waals surface area contributed by atoms with Crippen LogP contribution < -0.4 is 9.64 Å². The van der Waals surface area contributed by atoms with Gasteiger partial charge in [0.1, 0.15) is 17.8 Å². The van der Waals surface area contributed by atoms with Crippen LogP contribution in [0.3, 0.4) is 0 Å². The first-order chi connectivity index (χ1) is 16.4. The lowest BCUT2D eigenvalue weighted by Crippen LogP contribution is -2.14. The zero-order valence-electron chi connectivity index (χ0n) is 19.0. The molecule has 2 aromatic heterocycles. The summed E-state index contributed by atoms with van der Waals surface area (Å²) in [6.45, 7) is 2.33. The average molecular weight is 523 g/mol. The number of aromatic nitrogens is 5. The Kier molecular flexibility index (Phi) is 5.82. The Morgan fingerprint density at radius 2 is 1.94 bits per heavy atom. The van der Waals surface area contributed by atoms with Crippen LogP contribution in [0.25, 0.3) is 17.1 Å². The minimum atomic E-state index is -0.783. The van der Waals surface area contributed by atoms with E-state index in [1.54, 1.807) is 13.3 Å². The summed E-state index contributed by atoms with van der Waals surface area (Å²) in [7, 11) is 4.03. The van der Waals surface area contributed by atoms with Gasteiger partial charge in [-0.25, -0.2) is 9.78 Å². The van der Waals surface area contributed by atoms with Crippen molar-refractivity contribution >= 4 is 27.8 Å². The predicted octanol–water partition coefficient (Wildman–Crippen LogP) is 4.45. The first kappa shape index (κ1) is 22.1. The predicted molar refractivity (Wildman–Crippen MR) is 131 cm³/mol. The topological polar surface area (TPSA) is 87.3 Å². The number of carbonyl (C=O) groups is 1. The molecule has 0 aliphatic carbocycles. The Labute approximate surface area is 205 Å². The summed E-state index contributed by atoms with van der Waals surface area (Å²) in [5.41, 5.74) is 4.73. The maximum absolute atomic E-state index is 12.0. The van der Waals surface area contributed by atoms with Crippen molar-refractivity contribution in [2.75, 3.05) is 25.6 Å².